The summed E-state index contributed by atoms with van der Waals surface area (Å²) >= 11 is 0. The number of amides is 1. The number of nitriles is 1. The summed E-state index contributed by atoms with van der Waals surface area (Å²) in [7, 11) is -3.51. The first kappa shape index (κ1) is 24.5. The number of hydrogen-bond acceptors (Lipinski definition) is 7. The van der Waals surface area contributed by atoms with Crippen molar-refractivity contribution >= 4 is 21.7 Å². The molecule has 0 saturated carbocycles. The number of hydrogen-bond donors (Lipinski definition) is 1. The highest BCUT2D eigenvalue weighted by Gasteiger charge is 2.29. The van der Waals surface area contributed by atoms with Crippen molar-refractivity contribution in [3.63, 3.8) is 0 Å². The lowest BCUT2D eigenvalue weighted by Gasteiger charge is -2.34. The maximum Gasteiger partial charge on any atom is 0.261 e. The highest BCUT2D eigenvalue weighted by molar-refractivity contribution is 7.89. The van der Waals surface area contributed by atoms with Crippen LogP contribution in [0.2, 0.25) is 0 Å². The van der Waals surface area contributed by atoms with Gasteiger partial charge in [-0.15, -0.1) is 0 Å². The number of benzene rings is 1. The van der Waals surface area contributed by atoms with Crippen molar-refractivity contribution in [1.29, 1.82) is 5.26 Å². The van der Waals surface area contributed by atoms with Gasteiger partial charge in [-0.3, -0.25) is 4.79 Å². The second-order valence-corrected chi connectivity index (χ2v) is 10.2. The third kappa shape index (κ3) is 6.43. The fraction of sp³-hybridized carbons (Fsp3) is 0.435. The Kier molecular flexibility index (Phi) is 8.25. The molecule has 0 radical (unpaired) electrons. The highest BCUT2D eigenvalue weighted by atomic mass is 32.2. The summed E-state index contributed by atoms with van der Waals surface area (Å²) in [6.07, 6.45) is 0.873. The number of ether oxygens (including phenoxy) is 1. The summed E-state index contributed by atoms with van der Waals surface area (Å²) in [5.41, 5.74) is 0.336. The summed E-state index contributed by atoms with van der Waals surface area (Å²) in [5.74, 6) is 0.384. The Bertz CT molecular complexity index is 1080. The van der Waals surface area contributed by atoms with E-state index in [2.05, 4.69) is 15.2 Å². The van der Waals surface area contributed by atoms with Gasteiger partial charge < -0.3 is 15.0 Å². The number of para-hydroxylation sites is 1. The average Bonchev–Trinajstić information content (AvgIpc) is 2.83. The van der Waals surface area contributed by atoms with Gasteiger partial charge >= 0.3 is 0 Å². The number of nitrogens with one attached hydrogen (secondary N) is 1. The van der Waals surface area contributed by atoms with Crippen molar-refractivity contribution in [2.24, 2.45) is 5.92 Å². The van der Waals surface area contributed by atoms with Crippen LogP contribution in [-0.2, 0) is 14.8 Å². The molecule has 1 amide bonds. The monoisotopic (exact) mass is 471 g/mol. The van der Waals surface area contributed by atoms with Crippen LogP contribution in [0.3, 0.4) is 0 Å². The summed E-state index contributed by atoms with van der Waals surface area (Å²) in [5, 5.41) is 11.9. The van der Waals surface area contributed by atoms with Crippen LogP contribution in [0.15, 0.2) is 48.7 Å². The minimum Gasteiger partial charge on any atom is -0.479 e. The van der Waals surface area contributed by atoms with Crippen LogP contribution in [0.1, 0.15) is 19.4 Å². The first-order chi connectivity index (χ1) is 15.8. The molecule has 10 heteroatoms. The fourth-order valence-electron chi connectivity index (χ4n) is 3.56. The Hall–Kier alpha value is -3.16. The van der Waals surface area contributed by atoms with Gasteiger partial charge in [0.2, 0.25) is 10.0 Å². The molecule has 1 aliphatic rings. The van der Waals surface area contributed by atoms with Crippen molar-refractivity contribution in [3.05, 3.63) is 54.2 Å². The zero-order valence-electron chi connectivity index (χ0n) is 18.8. The predicted molar refractivity (Wildman–Crippen MR) is 125 cm³/mol. The summed E-state index contributed by atoms with van der Waals surface area (Å²) in [4.78, 5) is 19.1. The molecule has 9 nitrogen and oxygen atoms in total. The van der Waals surface area contributed by atoms with E-state index >= 15 is 0 Å². The van der Waals surface area contributed by atoms with Gasteiger partial charge in [-0.05, 0) is 30.2 Å². The van der Waals surface area contributed by atoms with E-state index in [9.17, 15) is 18.5 Å². The minimum absolute atomic E-state index is 0.0197. The van der Waals surface area contributed by atoms with Crippen molar-refractivity contribution in [3.8, 4) is 11.8 Å². The molecule has 33 heavy (non-hydrogen) atoms. The van der Waals surface area contributed by atoms with E-state index in [0.717, 1.165) is 5.82 Å². The third-order valence-corrected chi connectivity index (χ3v) is 7.26. The normalized spacial score (nSPS) is 15.6. The van der Waals surface area contributed by atoms with Crippen LogP contribution in [-0.4, -0.2) is 68.2 Å². The number of aromatic nitrogens is 1. The first-order valence-corrected chi connectivity index (χ1v) is 12.5. The first-order valence-electron chi connectivity index (χ1n) is 10.9. The molecule has 1 N–H and O–H groups in total. The quantitative estimate of drug-likeness (QED) is 0.591. The van der Waals surface area contributed by atoms with Gasteiger partial charge in [-0.2, -0.15) is 9.57 Å². The molecule has 1 atom stereocenters. The van der Waals surface area contributed by atoms with E-state index < -0.39 is 22.0 Å². The number of nitrogens with zero attached hydrogens (tertiary/aromatic N) is 4. The van der Waals surface area contributed by atoms with Gasteiger partial charge in [0.15, 0.2) is 6.10 Å². The van der Waals surface area contributed by atoms with Gasteiger partial charge in [0.05, 0.1) is 11.3 Å². The molecule has 1 aromatic heterocycles. The van der Waals surface area contributed by atoms with Crippen molar-refractivity contribution < 1.29 is 17.9 Å². The topological polar surface area (TPSA) is 116 Å². The SMILES string of the molecule is CC(C)C(Oc1ccccc1C#N)C(=O)NCCS(=O)(=O)N1CCN(c2ccccn2)CC1. The molecular weight excluding hydrogens is 442 g/mol. The zero-order chi connectivity index (χ0) is 23.8. The molecule has 1 fully saturated rings. The Balaban J connectivity index is 1.51. The van der Waals surface area contributed by atoms with Gasteiger partial charge in [-0.1, -0.05) is 32.0 Å². The highest BCUT2D eigenvalue weighted by Crippen LogP contribution is 2.21. The van der Waals surface area contributed by atoms with E-state index in [1.165, 1.54) is 4.31 Å². The smallest absolute Gasteiger partial charge is 0.261 e. The van der Waals surface area contributed by atoms with Crippen LogP contribution in [0.25, 0.3) is 0 Å². The molecule has 2 aromatic rings. The number of anilines is 1. The Morgan fingerprint density at radius 2 is 1.85 bits per heavy atom. The summed E-state index contributed by atoms with van der Waals surface area (Å²) < 4.78 is 32.8. The minimum atomic E-state index is -3.51. The van der Waals surface area contributed by atoms with E-state index in [1.807, 2.05) is 38.1 Å². The molecule has 1 aliphatic heterocycles. The number of carbonyl (C=O) groups excluding carboxylic acids is 1. The zero-order valence-corrected chi connectivity index (χ0v) is 19.7. The van der Waals surface area contributed by atoms with Gasteiger partial charge in [0.1, 0.15) is 17.6 Å². The molecule has 1 aromatic carbocycles. The van der Waals surface area contributed by atoms with E-state index in [-0.39, 0.29) is 18.2 Å². The van der Waals surface area contributed by atoms with Crippen LogP contribution in [0, 0.1) is 17.2 Å². The molecular formula is C23H29N5O4S. The number of sulfonamides is 1. The lowest BCUT2D eigenvalue weighted by Crippen LogP contribution is -2.50. The fourth-order valence-corrected chi connectivity index (χ4v) is 4.90. The van der Waals surface area contributed by atoms with Gasteiger partial charge in [0.25, 0.3) is 5.91 Å². The molecule has 1 saturated heterocycles. The van der Waals surface area contributed by atoms with Crippen molar-refractivity contribution in [2.75, 3.05) is 43.4 Å². The molecule has 3 rings (SSSR count). The Labute approximate surface area is 195 Å². The van der Waals surface area contributed by atoms with E-state index in [0.29, 0.717) is 37.5 Å². The number of piperazine rings is 1. The molecule has 1 unspecified atom stereocenters. The molecule has 0 spiro atoms. The molecule has 176 valence electrons. The van der Waals surface area contributed by atoms with E-state index in [1.54, 1.807) is 30.5 Å². The van der Waals surface area contributed by atoms with E-state index in [4.69, 9.17) is 4.74 Å². The third-order valence-electron chi connectivity index (χ3n) is 5.39. The average molecular weight is 472 g/mol. The predicted octanol–water partition coefficient (Wildman–Crippen LogP) is 1.62. The van der Waals surface area contributed by atoms with Crippen LogP contribution >= 0.6 is 0 Å². The standard InChI is InChI=1S/C23H29N5O4S/c1-18(2)22(32-20-8-4-3-7-19(20)17-24)23(29)26-11-16-33(30,31)28-14-12-27(13-15-28)21-9-5-6-10-25-21/h3-10,18,22H,11-16H2,1-2H3,(H,26,29). The maximum absolute atomic E-state index is 12.8. The molecule has 0 aliphatic carbocycles. The maximum atomic E-state index is 12.8. The van der Waals surface area contributed by atoms with Gasteiger partial charge in [0, 0.05) is 38.9 Å². The molecule has 0 bridgehead atoms. The van der Waals surface area contributed by atoms with Crippen LogP contribution in [0.4, 0.5) is 5.82 Å². The van der Waals surface area contributed by atoms with Crippen LogP contribution < -0.4 is 15.0 Å². The summed E-state index contributed by atoms with van der Waals surface area (Å²) in [6, 6.07) is 14.4. The largest absolute Gasteiger partial charge is 0.479 e. The van der Waals surface area contributed by atoms with Gasteiger partial charge in [-0.25, -0.2) is 13.4 Å². The van der Waals surface area contributed by atoms with Crippen LogP contribution in [0.5, 0.6) is 5.75 Å². The second kappa shape index (κ2) is 11.1. The number of rotatable bonds is 9. The number of carbonyl (C=O) groups is 1. The Morgan fingerprint density at radius 1 is 1.15 bits per heavy atom. The Morgan fingerprint density at radius 3 is 2.48 bits per heavy atom. The van der Waals surface area contributed by atoms with Crippen molar-refractivity contribution in [2.45, 2.75) is 20.0 Å². The number of pyridine rings is 1. The summed E-state index contributed by atoms with van der Waals surface area (Å²) in [6.45, 7) is 5.50. The lowest BCUT2D eigenvalue weighted by molar-refractivity contribution is -0.129. The molecule has 2 heterocycles. The second-order valence-electron chi connectivity index (χ2n) is 8.07. The van der Waals surface area contributed by atoms with Crippen molar-refractivity contribution in [1.82, 2.24) is 14.6 Å². The lowest BCUT2D eigenvalue weighted by atomic mass is 10.1.